The Kier molecular flexibility index (Phi) is 3.76. The van der Waals surface area contributed by atoms with Gasteiger partial charge in [0.1, 0.15) is 0 Å². The summed E-state index contributed by atoms with van der Waals surface area (Å²) in [7, 11) is 0. The van der Waals surface area contributed by atoms with Crippen molar-refractivity contribution in [1.29, 1.82) is 0 Å². The van der Waals surface area contributed by atoms with Gasteiger partial charge in [-0.1, -0.05) is 36.1 Å². The fraction of sp³-hybridized carbons (Fsp3) is 0. The Labute approximate surface area is 94.8 Å². The third-order valence-electron chi connectivity index (χ3n) is 1.83. The zero-order chi connectivity index (χ0) is 9.10. The van der Waals surface area contributed by atoms with E-state index in [2.05, 4.69) is 4.98 Å². The minimum absolute atomic E-state index is 0. The zero-order valence-corrected chi connectivity index (χ0v) is 7.97. The van der Waals surface area contributed by atoms with Crippen LogP contribution >= 0.6 is 0 Å². The van der Waals surface area contributed by atoms with Gasteiger partial charge in [-0.25, -0.2) is 0 Å². The second-order valence-corrected chi connectivity index (χ2v) is 2.71. The third-order valence-corrected chi connectivity index (χ3v) is 1.83. The van der Waals surface area contributed by atoms with E-state index in [0.29, 0.717) is 5.56 Å². The van der Waals surface area contributed by atoms with Gasteiger partial charge in [0, 0.05) is 6.20 Å². The van der Waals surface area contributed by atoms with Crippen LogP contribution in [0.5, 0.6) is 5.75 Å². The number of hydrogen-bond donors (Lipinski definition) is 0. The van der Waals surface area contributed by atoms with E-state index in [0.717, 1.165) is 5.69 Å². The topological polar surface area (TPSA) is 36.0 Å². The molecule has 0 N–H and O–H groups in total. The predicted octanol–water partition coefficient (Wildman–Crippen LogP) is -1.17. The maximum absolute atomic E-state index is 11.4. The third kappa shape index (κ3) is 2.17. The standard InChI is InChI=1S/C11H9NO.Li/c13-11-7-2-1-5-9(11)10-6-3-4-8-12-10;/h1-8,13H;/q;+1/p-1. The molecule has 14 heavy (non-hydrogen) atoms. The van der Waals surface area contributed by atoms with Crippen LogP contribution in [-0.4, -0.2) is 4.98 Å². The molecule has 0 saturated carbocycles. The summed E-state index contributed by atoms with van der Waals surface area (Å²) >= 11 is 0. The van der Waals surface area contributed by atoms with E-state index in [4.69, 9.17) is 0 Å². The zero-order valence-electron chi connectivity index (χ0n) is 7.97. The largest absolute Gasteiger partial charge is 1.00 e. The Morgan fingerprint density at radius 2 is 1.64 bits per heavy atom. The molecule has 64 valence electrons. The Morgan fingerprint density at radius 1 is 0.929 bits per heavy atom. The first kappa shape index (κ1) is 10.8. The summed E-state index contributed by atoms with van der Waals surface area (Å²) in [6.07, 6.45) is 1.68. The fourth-order valence-corrected chi connectivity index (χ4v) is 1.20. The number of para-hydroxylation sites is 1. The maximum atomic E-state index is 11.4. The van der Waals surface area contributed by atoms with E-state index in [1.54, 1.807) is 24.4 Å². The van der Waals surface area contributed by atoms with E-state index in [1.165, 1.54) is 0 Å². The van der Waals surface area contributed by atoms with Gasteiger partial charge in [-0.2, -0.15) is 0 Å². The van der Waals surface area contributed by atoms with Crippen molar-refractivity contribution in [3.63, 3.8) is 0 Å². The molecular weight excluding hydrogens is 169 g/mol. The fourth-order valence-electron chi connectivity index (χ4n) is 1.20. The van der Waals surface area contributed by atoms with E-state index >= 15 is 0 Å². The van der Waals surface area contributed by atoms with Crippen molar-refractivity contribution < 1.29 is 24.0 Å². The molecule has 0 radical (unpaired) electrons. The first-order valence-electron chi connectivity index (χ1n) is 4.05. The normalized spacial score (nSPS) is 9.14. The van der Waals surface area contributed by atoms with E-state index < -0.39 is 0 Å². The minimum Gasteiger partial charge on any atom is -0.872 e. The molecule has 0 atom stereocenters. The van der Waals surface area contributed by atoms with Crippen LogP contribution in [-0.2, 0) is 0 Å². The molecule has 0 fully saturated rings. The second-order valence-electron chi connectivity index (χ2n) is 2.71. The Morgan fingerprint density at radius 3 is 2.29 bits per heavy atom. The number of benzene rings is 1. The summed E-state index contributed by atoms with van der Waals surface area (Å²) in [6.45, 7) is 0. The molecule has 3 heteroatoms. The minimum atomic E-state index is 0. The molecule has 0 aliphatic carbocycles. The van der Waals surface area contributed by atoms with Crippen LogP contribution < -0.4 is 24.0 Å². The summed E-state index contributed by atoms with van der Waals surface area (Å²) in [6, 6.07) is 12.4. The van der Waals surface area contributed by atoms with Gasteiger partial charge >= 0.3 is 18.9 Å². The van der Waals surface area contributed by atoms with Crippen LogP contribution in [0.1, 0.15) is 0 Å². The van der Waals surface area contributed by atoms with Crippen LogP contribution in [0, 0.1) is 0 Å². The molecule has 1 heterocycles. The van der Waals surface area contributed by atoms with Crippen molar-refractivity contribution >= 4 is 0 Å². The average molecular weight is 177 g/mol. The number of pyridine rings is 1. The van der Waals surface area contributed by atoms with Crippen molar-refractivity contribution in [3.8, 4) is 17.0 Å². The van der Waals surface area contributed by atoms with Gasteiger partial charge in [-0.05, 0) is 17.7 Å². The van der Waals surface area contributed by atoms with Crippen molar-refractivity contribution in [2.75, 3.05) is 0 Å². The van der Waals surface area contributed by atoms with Crippen LogP contribution in [0.4, 0.5) is 0 Å². The molecule has 2 rings (SSSR count). The quantitative estimate of drug-likeness (QED) is 0.514. The molecule has 0 bridgehead atoms. The monoisotopic (exact) mass is 177 g/mol. The van der Waals surface area contributed by atoms with Crippen molar-refractivity contribution in [1.82, 2.24) is 4.98 Å². The number of aromatic nitrogens is 1. The molecule has 0 amide bonds. The van der Waals surface area contributed by atoms with Crippen LogP contribution in [0.2, 0.25) is 0 Å². The summed E-state index contributed by atoms with van der Waals surface area (Å²) in [5.41, 5.74) is 1.39. The molecule has 0 saturated heterocycles. The molecule has 2 nitrogen and oxygen atoms in total. The smallest absolute Gasteiger partial charge is 0.872 e. The van der Waals surface area contributed by atoms with Crippen molar-refractivity contribution in [2.45, 2.75) is 0 Å². The van der Waals surface area contributed by atoms with Crippen molar-refractivity contribution in [3.05, 3.63) is 48.7 Å². The number of rotatable bonds is 1. The summed E-state index contributed by atoms with van der Waals surface area (Å²) in [5.74, 6) is 0.0150. The molecule has 0 aliphatic heterocycles. The van der Waals surface area contributed by atoms with Gasteiger partial charge in [-0.15, -0.1) is 0 Å². The predicted molar refractivity (Wildman–Crippen MR) is 49.1 cm³/mol. The molecule has 0 spiro atoms. The van der Waals surface area contributed by atoms with Gasteiger partial charge in [0.2, 0.25) is 0 Å². The molecule has 0 unspecified atom stereocenters. The summed E-state index contributed by atoms with van der Waals surface area (Å²) < 4.78 is 0. The van der Waals surface area contributed by atoms with Gasteiger partial charge in [0.15, 0.2) is 0 Å². The average Bonchev–Trinajstić information content (AvgIpc) is 2.20. The Bertz CT molecular complexity index is 403. The molecule has 1 aromatic heterocycles. The van der Waals surface area contributed by atoms with Crippen molar-refractivity contribution in [2.24, 2.45) is 0 Å². The van der Waals surface area contributed by atoms with Gasteiger partial charge in [-0.3, -0.25) is 4.98 Å². The van der Waals surface area contributed by atoms with Gasteiger partial charge in [0.05, 0.1) is 5.69 Å². The summed E-state index contributed by atoms with van der Waals surface area (Å²) in [4.78, 5) is 4.11. The SMILES string of the molecule is [Li+].[O-]c1ccccc1-c1ccccn1. The van der Waals surface area contributed by atoms with E-state index in [9.17, 15) is 5.11 Å². The number of hydrogen-bond acceptors (Lipinski definition) is 2. The maximum Gasteiger partial charge on any atom is 1.00 e. The van der Waals surface area contributed by atoms with Crippen LogP contribution in [0.15, 0.2) is 48.7 Å². The Balaban J connectivity index is 0.000000980. The Hall–Kier alpha value is -1.23. The molecular formula is C11H8LiNO. The van der Waals surface area contributed by atoms with E-state index in [-0.39, 0.29) is 24.6 Å². The number of nitrogens with zero attached hydrogens (tertiary/aromatic N) is 1. The van der Waals surface area contributed by atoms with Gasteiger partial charge in [0.25, 0.3) is 0 Å². The first-order valence-corrected chi connectivity index (χ1v) is 4.05. The van der Waals surface area contributed by atoms with E-state index in [1.807, 2.05) is 24.3 Å². The second kappa shape index (κ2) is 4.85. The molecule has 0 aliphatic rings. The van der Waals surface area contributed by atoms with Gasteiger partial charge < -0.3 is 5.11 Å². The molecule has 1 aromatic carbocycles. The van der Waals surface area contributed by atoms with Crippen LogP contribution in [0.3, 0.4) is 0 Å². The van der Waals surface area contributed by atoms with Crippen LogP contribution in [0.25, 0.3) is 11.3 Å². The summed E-state index contributed by atoms with van der Waals surface area (Å²) in [5, 5.41) is 11.4. The molecule has 2 aromatic rings. The first-order chi connectivity index (χ1) is 6.38.